The fourth-order valence-corrected chi connectivity index (χ4v) is 0.614. The Hall–Kier alpha value is -0.263. The van der Waals surface area contributed by atoms with E-state index in [9.17, 15) is 0 Å². The molecule has 0 saturated carbocycles. The predicted molar refractivity (Wildman–Crippen MR) is 48.4 cm³/mol. The molecule has 2 N–H and O–H groups in total. The first-order chi connectivity index (χ1) is 5.35. The van der Waals surface area contributed by atoms with Gasteiger partial charge < -0.3 is 11.9 Å². The van der Waals surface area contributed by atoms with Crippen LogP contribution in [0.5, 0.6) is 0 Å². The third kappa shape index (κ3) is 7.84. The number of methoxy groups -OCH3 is 1. The van der Waals surface area contributed by atoms with Crippen molar-refractivity contribution in [2.45, 2.75) is 6.54 Å². The van der Waals surface area contributed by atoms with Gasteiger partial charge in [-0.05, 0) is 5.56 Å². The minimum absolute atomic E-state index is 0. The molecule has 0 radical (unpaired) electrons. The van der Waals surface area contributed by atoms with E-state index in [1.54, 1.807) is 14.2 Å². The molecule has 0 fully saturated rings. The summed E-state index contributed by atoms with van der Waals surface area (Å²) in [5.41, 5.74) is 6.54. The smallest absolute Gasteiger partial charge is 1.00 e. The van der Waals surface area contributed by atoms with Crippen LogP contribution in [-0.2, 0) is 11.3 Å². The SMILES string of the molecule is COC.NCc1ccccc1.[H-].[Li+]. The van der Waals surface area contributed by atoms with Crippen LogP contribution in [0.15, 0.2) is 30.3 Å². The Balaban J connectivity index is -0.000000180. The number of ether oxygens (including phenoxy) is 1. The van der Waals surface area contributed by atoms with Crippen LogP contribution in [0, 0.1) is 0 Å². The number of hydrogen-bond acceptors (Lipinski definition) is 2. The maximum absolute atomic E-state index is 5.35. The molecule has 3 heteroatoms. The van der Waals surface area contributed by atoms with Crippen molar-refractivity contribution < 1.29 is 25.0 Å². The third-order valence-corrected chi connectivity index (χ3v) is 1.08. The van der Waals surface area contributed by atoms with Crippen molar-refractivity contribution in [3.63, 3.8) is 0 Å². The summed E-state index contributed by atoms with van der Waals surface area (Å²) >= 11 is 0. The topological polar surface area (TPSA) is 35.2 Å². The largest absolute Gasteiger partial charge is 1.00 e. The van der Waals surface area contributed by atoms with E-state index < -0.39 is 0 Å². The molecule has 0 bridgehead atoms. The van der Waals surface area contributed by atoms with Gasteiger partial charge in [0.25, 0.3) is 0 Å². The molecule has 0 atom stereocenters. The van der Waals surface area contributed by atoms with Crippen LogP contribution in [0.2, 0.25) is 0 Å². The number of nitrogens with two attached hydrogens (primary N) is 1. The minimum Gasteiger partial charge on any atom is -1.00 e. The van der Waals surface area contributed by atoms with Crippen molar-refractivity contribution in [2.75, 3.05) is 14.2 Å². The Morgan fingerprint density at radius 2 is 1.67 bits per heavy atom. The quantitative estimate of drug-likeness (QED) is 0.510. The van der Waals surface area contributed by atoms with E-state index >= 15 is 0 Å². The molecule has 64 valence electrons. The average Bonchev–Trinajstić information content (AvgIpc) is 2.08. The zero-order valence-corrected chi connectivity index (χ0v) is 8.08. The van der Waals surface area contributed by atoms with Gasteiger partial charge in [-0.3, -0.25) is 0 Å². The van der Waals surface area contributed by atoms with E-state index in [-0.39, 0.29) is 20.3 Å². The van der Waals surface area contributed by atoms with Crippen LogP contribution in [0.25, 0.3) is 0 Å². The van der Waals surface area contributed by atoms with E-state index in [4.69, 9.17) is 5.73 Å². The molecule has 0 aliphatic rings. The van der Waals surface area contributed by atoms with E-state index in [0.717, 1.165) is 0 Å². The summed E-state index contributed by atoms with van der Waals surface area (Å²) in [6.45, 7) is 0.640. The van der Waals surface area contributed by atoms with Gasteiger partial charge in [0.2, 0.25) is 0 Å². The summed E-state index contributed by atoms with van der Waals surface area (Å²) in [5, 5.41) is 0. The van der Waals surface area contributed by atoms with Gasteiger partial charge in [-0.2, -0.15) is 0 Å². The summed E-state index contributed by atoms with van der Waals surface area (Å²) in [4.78, 5) is 0. The molecule has 1 aromatic carbocycles. The molecule has 12 heavy (non-hydrogen) atoms. The van der Waals surface area contributed by atoms with E-state index in [1.807, 2.05) is 30.3 Å². The van der Waals surface area contributed by atoms with E-state index in [1.165, 1.54) is 5.56 Å². The van der Waals surface area contributed by atoms with E-state index in [2.05, 4.69) is 4.74 Å². The molecule has 0 unspecified atom stereocenters. The molecular weight excluding hydrogens is 145 g/mol. The van der Waals surface area contributed by atoms with Crippen molar-refractivity contribution in [1.29, 1.82) is 0 Å². The fourth-order valence-electron chi connectivity index (χ4n) is 0.614. The van der Waals surface area contributed by atoms with Crippen molar-refractivity contribution in [2.24, 2.45) is 5.73 Å². The molecule has 2 nitrogen and oxygen atoms in total. The third-order valence-electron chi connectivity index (χ3n) is 1.08. The predicted octanol–water partition coefficient (Wildman–Crippen LogP) is -1.48. The first kappa shape index (κ1) is 14.3. The summed E-state index contributed by atoms with van der Waals surface area (Å²) < 4.78 is 4.25. The zero-order valence-electron chi connectivity index (χ0n) is 9.08. The van der Waals surface area contributed by atoms with Gasteiger partial charge in [-0.25, -0.2) is 0 Å². The number of hydrogen-bond donors (Lipinski definition) is 1. The van der Waals surface area contributed by atoms with Crippen molar-refractivity contribution in [1.82, 2.24) is 0 Å². The first-order valence-corrected chi connectivity index (χ1v) is 3.49. The zero-order chi connectivity index (χ0) is 8.53. The minimum atomic E-state index is 0. The Labute approximate surface area is 87.8 Å². The summed E-state index contributed by atoms with van der Waals surface area (Å²) in [7, 11) is 3.25. The fraction of sp³-hybridized carbons (Fsp3) is 0.333. The van der Waals surface area contributed by atoms with Crippen LogP contribution in [-0.4, -0.2) is 14.2 Å². The van der Waals surface area contributed by atoms with Gasteiger partial charge in [0, 0.05) is 20.8 Å². The maximum Gasteiger partial charge on any atom is 1.00 e. The van der Waals surface area contributed by atoms with E-state index in [0.29, 0.717) is 6.54 Å². The molecular formula is C9H16LiNO. The summed E-state index contributed by atoms with van der Waals surface area (Å²) in [6, 6.07) is 9.99. The Morgan fingerprint density at radius 3 is 1.92 bits per heavy atom. The maximum atomic E-state index is 5.35. The van der Waals surface area contributed by atoms with Crippen LogP contribution < -0.4 is 24.6 Å². The molecule has 0 aliphatic heterocycles. The molecule has 0 aliphatic carbocycles. The first-order valence-electron chi connectivity index (χ1n) is 3.49. The Morgan fingerprint density at radius 1 is 1.25 bits per heavy atom. The average molecular weight is 161 g/mol. The normalized spacial score (nSPS) is 7.58. The second-order valence-electron chi connectivity index (χ2n) is 2.10. The number of rotatable bonds is 1. The standard InChI is InChI=1S/C7H9N.C2H6O.Li.H/c8-6-7-4-2-1-3-5-7;1-3-2;;/h1-5H,6,8H2;1-2H3;;/q;;+1;-1. The van der Waals surface area contributed by atoms with Crippen LogP contribution >= 0.6 is 0 Å². The van der Waals surface area contributed by atoms with Gasteiger partial charge in [0.15, 0.2) is 0 Å². The van der Waals surface area contributed by atoms with Crippen LogP contribution in [0.1, 0.15) is 6.99 Å². The Kier molecular flexibility index (Phi) is 12.8. The molecule has 0 heterocycles. The van der Waals surface area contributed by atoms with Crippen LogP contribution in [0.3, 0.4) is 0 Å². The molecule has 1 rings (SSSR count). The van der Waals surface area contributed by atoms with Crippen molar-refractivity contribution in [3.8, 4) is 0 Å². The number of benzene rings is 1. The van der Waals surface area contributed by atoms with Gasteiger partial charge in [-0.15, -0.1) is 0 Å². The molecule has 1 aromatic rings. The monoisotopic (exact) mass is 161 g/mol. The Bertz CT molecular complexity index is 173. The van der Waals surface area contributed by atoms with Gasteiger partial charge in [0.05, 0.1) is 0 Å². The molecule has 0 saturated heterocycles. The summed E-state index contributed by atoms with van der Waals surface area (Å²) in [6.07, 6.45) is 0. The summed E-state index contributed by atoms with van der Waals surface area (Å²) in [5.74, 6) is 0. The van der Waals surface area contributed by atoms with Gasteiger partial charge in [0.1, 0.15) is 0 Å². The molecule has 0 amide bonds. The van der Waals surface area contributed by atoms with Crippen molar-refractivity contribution in [3.05, 3.63) is 35.9 Å². The van der Waals surface area contributed by atoms with Crippen LogP contribution in [0.4, 0.5) is 0 Å². The molecule has 0 spiro atoms. The van der Waals surface area contributed by atoms with Gasteiger partial charge in [-0.1, -0.05) is 30.3 Å². The van der Waals surface area contributed by atoms with Crippen molar-refractivity contribution >= 4 is 0 Å². The molecule has 0 aromatic heterocycles. The second kappa shape index (κ2) is 10.7. The second-order valence-corrected chi connectivity index (χ2v) is 2.10. The van der Waals surface area contributed by atoms with Gasteiger partial charge >= 0.3 is 18.9 Å².